The molecule has 0 saturated carbocycles. The van der Waals surface area contributed by atoms with Gasteiger partial charge in [-0.15, -0.1) is 71.3 Å². The summed E-state index contributed by atoms with van der Waals surface area (Å²) in [4.78, 5) is 8.76. The first kappa shape index (κ1) is 27.1. The summed E-state index contributed by atoms with van der Waals surface area (Å²) in [5, 5.41) is 5.10. The van der Waals surface area contributed by atoms with Gasteiger partial charge in [0.2, 0.25) is 0 Å². The van der Waals surface area contributed by atoms with E-state index in [9.17, 15) is 0 Å². The van der Waals surface area contributed by atoms with Gasteiger partial charge in [0.25, 0.3) is 0 Å². The van der Waals surface area contributed by atoms with Crippen LogP contribution in [0.1, 0.15) is 36.0 Å². The van der Waals surface area contributed by atoms with Gasteiger partial charge in [-0.3, -0.25) is 0 Å². The molecule has 2 aromatic heterocycles. The Morgan fingerprint density at radius 1 is 0.636 bits per heavy atom. The molecule has 0 fully saturated rings. The van der Waals surface area contributed by atoms with Crippen molar-refractivity contribution in [3.63, 3.8) is 0 Å². The maximum Gasteiger partial charge on any atom is 0.0280 e. The minimum atomic E-state index is -2.09. The molecule has 3 heteroatoms. The molecule has 0 bridgehead atoms. The van der Waals surface area contributed by atoms with Gasteiger partial charge in [0.15, 0.2) is 0 Å². The molecule has 0 unspecified atom stereocenters. The first-order valence-corrected chi connectivity index (χ1v) is 14.4. The van der Waals surface area contributed by atoms with E-state index in [1.165, 1.54) is 44.4 Å². The molecule has 2 heterocycles. The molecule has 0 aliphatic carbocycles. The normalized spacial score (nSPS) is 12.3. The van der Waals surface area contributed by atoms with Gasteiger partial charge in [-0.05, 0) is 74.0 Å². The largest absolute Gasteiger partial charge is 0.305 e. The van der Waals surface area contributed by atoms with E-state index in [0.717, 1.165) is 22.5 Å². The third-order valence-electron chi connectivity index (χ3n) is 7.53. The van der Waals surface area contributed by atoms with E-state index in [2.05, 4.69) is 122 Å². The van der Waals surface area contributed by atoms with E-state index in [1.54, 1.807) is 18.2 Å². The predicted molar refractivity (Wildman–Crippen MR) is 181 cm³/mol. The van der Waals surface area contributed by atoms with Gasteiger partial charge >= 0.3 is 0 Å². The Morgan fingerprint density at radius 3 is 2.11 bits per heavy atom. The number of fused-ring (bicyclic) bond motifs is 3. The number of hydrogen-bond donors (Lipinski definition) is 0. The van der Waals surface area contributed by atoms with Gasteiger partial charge < -0.3 is 9.97 Å². The van der Waals surface area contributed by atoms with Crippen molar-refractivity contribution in [2.45, 2.75) is 33.0 Å². The fraction of sp³-hybridized carbons (Fsp3) is 0.122. The number of aromatic nitrogens is 2. The topological polar surface area (TPSA) is 25.8 Å². The molecule has 7 aromatic rings. The molecule has 2 nitrogen and oxygen atoms in total. The average Bonchev–Trinajstić information content (AvgIpc) is 3.08. The number of pyridine rings is 2. The fourth-order valence-corrected chi connectivity index (χ4v) is 5.23. The third kappa shape index (κ3) is 6.86. The maximum atomic E-state index is 7.23. The van der Waals surface area contributed by atoms with Crippen LogP contribution in [0.3, 0.4) is 0 Å². The van der Waals surface area contributed by atoms with Crippen LogP contribution in [0.4, 0.5) is 0 Å². The van der Waals surface area contributed by atoms with E-state index >= 15 is 0 Å². The van der Waals surface area contributed by atoms with Gasteiger partial charge in [-0.2, -0.15) is 0 Å². The van der Waals surface area contributed by atoms with E-state index < -0.39 is 6.85 Å². The van der Waals surface area contributed by atoms with Crippen molar-refractivity contribution in [1.82, 2.24) is 9.97 Å². The summed E-state index contributed by atoms with van der Waals surface area (Å²) in [6.45, 7) is 4.60. The first-order chi connectivity index (χ1) is 22.1. The summed E-state index contributed by atoms with van der Waals surface area (Å²) >= 11 is 0. The minimum Gasteiger partial charge on any atom is -0.305 e. The van der Waals surface area contributed by atoms with E-state index in [0.29, 0.717) is 0 Å². The van der Waals surface area contributed by atoms with E-state index in [-0.39, 0.29) is 31.1 Å². The Hall–Kier alpha value is -4.43. The Bertz CT molecular complexity index is 2120. The standard InChI is InChI=1S/C29H24N.C12H10N.Ir/c1-29(2,3)23-15-16-30-28(19-23)22-11-8-10-20(17-22)27-18-21-9-4-5-12-24(21)25-13-6-7-14-26(25)27;1-10-7-8-12(13-9-10)11-5-3-2-4-6-11;/h4-10,12-19H,1-3H3;2-5,7-9H,1H3;/q2*-1;/i;1D3;. The van der Waals surface area contributed by atoms with Crippen LogP contribution in [0, 0.1) is 19.0 Å². The van der Waals surface area contributed by atoms with Crippen LogP contribution in [-0.2, 0) is 25.5 Å². The zero-order chi connectivity index (χ0) is 32.3. The first-order valence-electron chi connectivity index (χ1n) is 15.9. The van der Waals surface area contributed by atoms with Gasteiger partial charge in [0.1, 0.15) is 0 Å². The molecule has 0 spiro atoms. The molecule has 44 heavy (non-hydrogen) atoms. The van der Waals surface area contributed by atoms with Crippen LogP contribution in [0.25, 0.3) is 55.2 Å². The van der Waals surface area contributed by atoms with Gasteiger partial charge in [0.05, 0.1) is 0 Å². The predicted octanol–water partition coefficient (Wildman–Crippen LogP) is 10.7. The van der Waals surface area contributed by atoms with Gasteiger partial charge in [0, 0.05) is 36.6 Å². The molecule has 0 N–H and O–H groups in total. The third-order valence-corrected chi connectivity index (χ3v) is 7.53. The summed E-state index contributed by atoms with van der Waals surface area (Å²) in [5.41, 5.74) is 7.64. The van der Waals surface area contributed by atoms with Crippen molar-refractivity contribution in [2.24, 2.45) is 0 Å². The number of benzene rings is 5. The van der Waals surface area contributed by atoms with Crippen LogP contribution in [0.5, 0.6) is 0 Å². The molecule has 0 aliphatic rings. The SMILES string of the molecule is CC(C)(C)c1ccnc(-c2[c-]ccc(-c3cc4ccccc4c4ccccc34)c2)c1.[2H]C([2H])([2H])c1ccc(-c2[c-]cccc2)nc1.[Ir]. The number of nitrogens with zero attached hydrogens (tertiary/aromatic N) is 2. The van der Waals surface area contributed by atoms with E-state index in [1.807, 2.05) is 30.5 Å². The summed E-state index contributed by atoms with van der Waals surface area (Å²) in [7, 11) is 0. The molecule has 7 rings (SSSR count). The second-order valence-corrected chi connectivity index (χ2v) is 11.6. The van der Waals surface area contributed by atoms with Crippen molar-refractivity contribution in [3.05, 3.63) is 157 Å². The zero-order valence-electron chi connectivity index (χ0n) is 27.9. The molecule has 0 atom stereocenters. The Labute approximate surface area is 278 Å². The van der Waals surface area contributed by atoms with Crippen LogP contribution >= 0.6 is 0 Å². The summed E-state index contributed by atoms with van der Waals surface area (Å²) in [6.07, 6.45) is 3.30. The van der Waals surface area contributed by atoms with Gasteiger partial charge in [-0.25, -0.2) is 0 Å². The van der Waals surface area contributed by atoms with Crippen LogP contribution in [-0.4, -0.2) is 9.97 Å². The van der Waals surface area contributed by atoms with Crippen LogP contribution < -0.4 is 0 Å². The van der Waals surface area contributed by atoms with Crippen LogP contribution in [0.15, 0.2) is 134 Å². The molecular weight excluding hydrogens is 713 g/mol. The van der Waals surface area contributed by atoms with Crippen molar-refractivity contribution >= 4 is 21.5 Å². The Balaban J connectivity index is 0.000000217. The second kappa shape index (κ2) is 13.5. The summed E-state index contributed by atoms with van der Waals surface area (Å²) in [5.74, 6) is 0. The zero-order valence-corrected chi connectivity index (χ0v) is 27.3. The van der Waals surface area contributed by atoms with Crippen molar-refractivity contribution in [2.75, 3.05) is 0 Å². The molecule has 0 saturated heterocycles. The quantitative estimate of drug-likeness (QED) is 0.133. The maximum absolute atomic E-state index is 7.23. The smallest absolute Gasteiger partial charge is 0.0280 e. The Morgan fingerprint density at radius 2 is 1.39 bits per heavy atom. The van der Waals surface area contributed by atoms with Crippen LogP contribution in [0.2, 0.25) is 0 Å². The molecule has 0 amide bonds. The fourth-order valence-electron chi connectivity index (χ4n) is 5.23. The molecule has 1 radical (unpaired) electrons. The average molecular weight is 750 g/mol. The Kier molecular flexibility index (Phi) is 8.31. The van der Waals surface area contributed by atoms with E-state index in [4.69, 9.17) is 4.11 Å². The van der Waals surface area contributed by atoms with Crippen molar-refractivity contribution in [1.29, 1.82) is 0 Å². The number of aryl methyl sites for hydroxylation is 1. The molecular formula is C41H34IrN2-2. The summed E-state index contributed by atoms with van der Waals surface area (Å²) in [6, 6.07) is 47.4. The molecule has 219 valence electrons. The monoisotopic (exact) mass is 750 g/mol. The van der Waals surface area contributed by atoms with Crippen molar-refractivity contribution < 1.29 is 24.2 Å². The van der Waals surface area contributed by atoms with Crippen molar-refractivity contribution in [3.8, 4) is 33.6 Å². The van der Waals surface area contributed by atoms with Gasteiger partial charge in [-0.1, -0.05) is 87.5 Å². The number of rotatable bonds is 3. The second-order valence-electron chi connectivity index (χ2n) is 11.6. The number of hydrogen-bond acceptors (Lipinski definition) is 2. The molecule has 0 aliphatic heterocycles. The molecule has 5 aromatic carbocycles. The summed E-state index contributed by atoms with van der Waals surface area (Å²) < 4.78 is 21.7. The minimum absolute atomic E-state index is 0.